The third-order valence-electron chi connectivity index (χ3n) is 7.54. The summed E-state index contributed by atoms with van der Waals surface area (Å²) in [6, 6.07) is 32.9. The van der Waals surface area contributed by atoms with Gasteiger partial charge in [0.25, 0.3) is 0 Å². The molecule has 0 fully saturated rings. The van der Waals surface area contributed by atoms with Crippen LogP contribution in [0.25, 0.3) is 5.52 Å². The lowest BCUT2D eigenvalue weighted by Gasteiger charge is -2.35. The molecule has 8 heteroatoms. The van der Waals surface area contributed by atoms with Crippen LogP contribution in [0.1, 0.15) is 43.7 Å². The lowest BCUT2D eigenvalue weighted by atomic mass is 10.1. The first-order valence-corrected chi connectivity index (χ1v) is 15.6. The van der Waals surface area contributed by atoms with Gasteiger partial charge in [-0.3, -0.25) is 0 Å². The van der Waals surface area contributed by atoms with Gasteiger partial charge in [-0.1, -0.05) is 91.0 Å². The predicted molar refractivity (Wildman–Crippen MR) is 164 cm³/mol. The number of carbonyl (C=O) groups excluding carboxylic acids is 3. The first kappa shape index (κ1) is 28.6. The van der Waals surface area contributed by atoms with E-state index in [2.05, 4.69) is 36.4 Å². The number of nitrogens with zero attached hydrogens (tertiary/aromatic N) is 1. The van der Waals surface area contributed by atoms with Gasteiger partial charge < -0.3 is 18.6 Å². The monoisotopic (exact) mass is 577 g/mol. The highest BCUT2D eigenvalue weighted by Crippen LogP contribution is 2.28. The third kappa shape index (κ3) is 4.59. The van der Waals surface area contributed by atoms with Gasteiger partial charge in [-0.2, -0.15) is 0 Å². The van der Waals surface area contributed by atoms with Crippen molar-refractivity contribution < 1.29 is 28.6 Å². The van der Waals surface area contributed by atoms with E-state index in [9.17, 15) is 14.4 Å². The molecule has 0 saturated heterocycles. The maximum atomic E-state index is 13.3. The normalized spacial score (nSPS) is 11.2. The van der Waals surface area contributed by atoms with Gasteiger partial charge in [-0.25, -0.2) is 14.4 Å². The molecule has 2 aromatic heterocycles. The number of ether oxygens (including phenoxy) is 3. The van der Waals surface area contributed by atoms with Crippen molar-refractivity contribution in [2.75, 3.05) is 20.8 Å². The first-order chi connectivity index (χ1) is 20.4. The fourth-order valence-corrected chi connectivity index (χ4v) is 10.9. The Morgan fingerprint density at radius 2 is 1.14 bits per heavy atom. The van der Waals surface area contributed by atoms with Crippen LogP contribution in [0.4, 0.5) is 0 Å². The van der Waals surface area contributed by atoms with Gasteiger partial charge in [0, 0.05) is 6.20 Å². The molecule has 3 aromatic carbocycles. The molecule has 0 saturated carbocycles. The van der Waals surface area contributed by atoms with Crippen LogP contribution in [-0.4, -0.2) is 51.2 Å². The summed E-state index contributed by atoms with van der Waals surface area (Å²) in [6.07, 6.45) is 1.80. The number of benzene rings is 3. The summed E-state index contributed by atoms with van der Waals surface area (Å²) in [5, 5.41) is 4.41. The molecular formula is C34H31NO6Si. The summed E-state index contributed by atoms with van der Waals surface area (Å²) in [6.45, 7) is 3.74. The van der Waals surface area contributed by atoms with Crippen molar-refractivity contribution in [1.82, 2.24) is 4.40 Å². The van der Waals surface area contributed by atoms with E-state index in [0.717, 1.165) is 26.3 Å². The second-order valence-corrected chi connectivity index (χ2v) is 13.5. The summed E-state index contributed by atoms with van der Waals surface area (Å²) in [4.78, 5) is 39.8. The highest BCUT2D eigenvalue weighted by molar-refractivity contribution is 7.20. The highest BCUT2D eigenvalue weighted by Gasteiger charge is 2.43. The number of aryl methyl sites for hydroxylation is 1. The number of hydrogen-bond acceptors (Lipinski definition) is 6. The lowest BCUT2D eigenvalue weighted by molar-refractivity contribution is 0.0494. The number of carbonyl (C=O) groups is 3. The molecule has 0 N–H and O–H groups in total. The van der Waals surface area contributed by atoms with Gasteiger partial charge >= 0.3 is 17.9 Å². The molecule has 0 aliphatic heterocycles. The van der Waals surface area contributed by atoms with Gasteiger partial charge in [-0.15, -0.1) is 0 Å². The van der Waals surface area contributed by atoms with Crippen molar-refractivity contribution in [3.05, 3.63) is 126 Å². The van der Waals surface area contributed by atoms with Crippen LogP contribution in [0.5, 0.6) is 0 Å². The summed E-state index contributed by atoms with van der Waals surface area (Å²) >= 11 is 0. The van der Waals surface area contributed by atoms with E-state index in [-0.39, 0.29) is 23.4 Å². The highest BCUT2D eigenvalue weighted by atomic mass is 28.3. The van der Waals surface area contributed by atoms with Crippen molar-refractivity contribution in [3.63, 3.8) is 0 Å². The molecule has 0 bridgehead atoms. The number of aromatic nitrogens is 1. The van der Waals surface area contributed by atoms with Crippen LogP contribution in [0.15, 0.2) is 103 Å². The van der Waals surface area contributed by atoms with Crippen molar-refractivity contribution in [2.24, 2.45) is 0 Å². The Labute approximate surface area is 245 Å². The van der Waals surface area contributed by atoms with Crippen molar-refractivity contribution in [2.45, 2.75) is 13.8 Å². The van der Waals surface area contributed by atoms with Crippen molar-refractivity contribution in [1.29, 1.82) is 0 Å². The fourth-order valence-electron chi connectivity index (χ4n) is 5.84. The van der Waals surface area contributed by atoms with Gasteiger partial charge in [0.05, 0.1) is 26.3 Å². The van der Waals surface area contributed by atoms with E-state index in [1.54, 1.807) is 17.5 Å². The smallest absolute Gasteiger partial charge is 0.356 e. The van der Waals surface area contributed by atoms with Gasteiger partial charge in [0.1, 0.15) is 16.8 Å². The minimum Gasteiger partial charge on any atom is -0.465 e. The average Bonchev–Trinajstić information content (AvgIpc) is 3.36. The maximum Gasteiger partial charge on any atom is 0.356 e. The minimum absolute atomic E-state index is 0.0502. The van der Waals surface area contributed by atoms with Crippen LogP contribution < -0.4 is 20.7 Å². The first-order valence-electron chi connectivity index (χ1n) is 13.6. The Morgan fingerprint density at radius 3 is 1.57 bits per heavy atom. The Balaban J connectivity index is 2.00. The molecule has 42 heavy (non-hydrogen) atoms. The predicted octanol–water partition coefficient (Wildman–Crippen LogP) is 3.38. The van der Waals surface area contributed by atoms with Crippen LogP contribution in [0, 0.1) is 6.92 Å². The second kappa shape index (κ2) is 11.9. The van der Waals surface area contributed by atoms with Gasteiger partial charge in [0.15, 0.2) is 8.07 Å². The molecule has 2 heterocycles. The zero-order chi connectivity index (χ0) is 29.9. The Hall–Kier alpha value is -4.95. The van der Waals surface area contributed by atoms with Crippen molar-refractivity contribution in [3.8, 4) is 0 Å². The molecule has 0 unspecified atom stereocenters. The van der Waals surface area contributed by atoms with Crippen LogP contribution in [0.2, 0.25) is 0 Å². The van der Waals surface area contributed by atoms with E-state index >= 15 is 0 Å². The maximum absolute atomic E-state index is 13.3. The molecule has 0 spiro atoms. The molecule has 0 atom stereocenters. The Morgan fingerprint density at radius 1 is 0.690 bits per heavy atom. The molecule has 5 rings (SSSR count). The summed E-state index contributed by atoms with van der Waals surface area (Å²) in [5.74, 6) is -2.34. The number of esters is 3. The number of fused-ring (bicyclic) bond motifs is 1. The third-order valence-corrected chi connectivity index (χ3v) is 12.5. The molecular weight excluding hydrogens is 546 g/mol. The topological polar surface area (TPSA) is 83.3 Å². The summed E-state index contributed by atoms with van der Waals surface area (Å²) in [7, 11) is -0.571. The lowest BCUT2D eigenvalue weighted by Crippen LogP contribution is -2.75. The zero-order valence-corrected chi connectivity index (χ0v) is 24.9. The van der Waals surface area contributed by atoms with Gasteiger partial charge in [-0.05, 0) is 46.2 Å². The van der Waals surface area contributed by atoms with Crippen molar-refractivity contribution >= 4 is 52.2 Å². The van der Waals surface area contributed by atoms with E-state index in [4.69, 9.17) is 14.2 Å². The molecule has 5 aromatic rings. The zero-order valence-electron chi connectivity index (χ0n) is 23.9. The number of rotatable bonds is 8. The summed E-state index contributed by atoms with van der Waals surface area (Å²) in [5.41, 5.74) is 0.904. The van der Waals surface area contributed by atoms with Crippen LogP contribution in [-0.2, 0) is 14.2 Å². The standard InChI is InChI=1S/C34H31NO6Si/c1-5-41-34(38)31-30(33(37)40-4)29(32(36)39-3)27-21-28(23(2)22-35(27)31)42(24-15-9-6-10-16-24,25-17-11-7-12-18-25)26-19-13-8-14-20-26/h6-22H,5H2,1-4H3. The quantitative estimate of drug-likeness (QED) is 0.122. The molecule has 212 valence electrons. The Bertz CT molecular complexity index is 1670. The fraction of sp³-hybridized carbons (Fsp3) is 0.147. The molecule has 0 radical (unpaired) electrons. The second-order valence-electron chi connectivity index (χ2n) is 9.78. The molecule has 0 aliphatic rings. The minimum atomic E-state index is -3.01. The van der Waals surface area contributed by atoms with Crippen LogP contribution in [0.3, 0.4) is 0 Å². The molecule has 7 nitrogen and oxygen atoms in total. The number of hydrogen-bond donors (Lipinski definition) is 0. The van der Waals surface area contributed by atoms with E-state index in [0.29, 0.717) is 5.52 Å². The number of methoxy groups -OCH3 is 2. The SMILES string of the molecule is CCOC(=O)c1c(C(=O)OC)c(C(=O)OC)c2cc([Si](c3ccccc3)(c3ccccc3)c3ccccc3)c(C)cn12. The number of pyridine rings is 1. The van der Waals surface area contributed by atoms with E-state index in [1.165, 1.54) is 14.2 Å². The molecule has 0 amide bonds. The Kier molecular flexibility index (Phi) is 8.08. The summed E-state index contributed by atoms with van der Waals surface area (Å²) < 4.78 is 17.1. The average molecular weight is 578 g/mol. The van der Waals surface area contributed by atoms with E-state index < -0.39 is 26.0 Å². The van der Waals surface area contributed by atoms with Crippen LogP contribution >= 0.6 is 0 Å². The largest absolute Gasteiger partial charge is 0.465 e. The molecule has 0 aliphatic carbocycles. The van der Waals surface area contributed by atoms with Gasteiger partial charge in [0.2, 0.25) is 0 Å². The van der Waals surface area contributed by atoms with E-state index in [1.807, 2.05) is 67.6 Å².